The molecule has 1 nitrogen and oxygen atoms in total. The van der Waals surface area contributed by atoms with Crippen LogP contribution in [0, 0.1) is 34.9 Å². The van der Waals surface area contributed by atoms with Gasteiger partial charge in [0.2, 0.25) is 0 Å². The van der Waals surface area contributed by atoms with Crippen LogP contribution in [0.25, 0.3) is 0 Å². The lowest BCUT2D eigenvalue weighted by molar-refractivity contribution is 0.252. The Labute approximate surface area is 159 Å². The molecule has 2 aliphatic carbocycles. The topological polar surface area (TPSA) is 23.8 Å². The first-order valence-corrected chi connectivity index (χ1v) is 10.9. The quantitative estimate of drug-likeness (QED) is 0.531. The van der Waals surface area contributed by atoms with Gasteiger partial charge in [0, 0.05) is 5.92 Å². The molecule has 2 fully saturated rings. The van der Waals surface area contributed by atoms with Gasteiger partial charge in [-0.3, -0.25) is 0 Å². The summed E-state index contributed by atoms with van der Waals surface area (Å²) in [6.45, 7) is 2.29. The van der Waals surface area contributed by atoms with Gasteiger partial charge < -0.3 is 0 Å². The van der Waals surface area contributed by atoms with Crippen molar-refractivity contribution in [1.29, 1.82) is 5.26 Å². The molecule has 0 amide bonds. The molecule has 3 rings (SSSR count). The molecule has 0 bridgehead atoms. The largest absolute Gasteiger partial charge is 0.207 e. The number of aryl methyl sites for hydroxylation is 1. The normalized spacial score (nSPS) is 29.3. The lowest BCUT2D eigenvalue weighted by atomic mass is 9.77. The fourth-order valence-electron chi connectivity index (χ4n) is 5.18. The fraction of sp³-hybridized carbons (Fsp3) is 0.708. The highest BCUT2D eigenvalue weighted by molar-refractivity contribution is 5.28. The summed E-state index contributed by atoms with van der Waals surface area (Å²) in [7, 11) is 0. The van der Waals surface area contributed by atoms with E-state index in [1.165, 1.54) is 44.9 Å². The Bertz CT molecular complexity index is 601. The van der Waals surface area contributed by atoms with Crippen molar-refractivity contribution >= 4 is 0 Å². The Morgan fingerprint density at radius 1 is 0.962 bits per heavy atom. The van der Waals surface area contributed by atoms with Crippen molar-refractivity contribution in [3.63, 3.8) is 0 Å². The third-order valence-corrected chi connectivity index (χ3v) is 6.92. The summed E-state index contributed by atoms with van der Waals surface area (Å²) < 4.78 is 14.7. The second-order valence-corrected chi connectivity index (χ2v) is 8.75. The molecule has 26 heavy (non-hydrogen) atoms. The van der Waals surface area contributed by atoms with Gasteiger partial charge in [-0.2, -0.15) is 5.26 Å². The van der Waals surface area contributed by atoms with Crippen LogP contribution in [-0.2, 0) is 6.42 Å². The number of halogens is 1. The SMILES string of the molecule is CCCC1CCC(CCc2ccc(C3CCC(C#N)CC3)c(F)c2)CC1. The first kappa shape index (κ1) is 19.4. The van der Waals surface area contributed by atoms with Crippen LogP contribution in [0.2, 0.25) is 0 Å². The second kappa shape index (κ2) is 9.54. The minimum atomic E-state index is -0.0189. The summed E-state index contributed by atoms with van der Waals surface area (Å²) in [5, 5.41) is 9.02. The zero-order valence-electron chi connectivity index (χ0n) is 16.4. The maximum Gasteiger partial charge on any atom is 0.126 e. The van der Waals surface area contributed by atoms with Gasteiger partial charge >= 0.3 is 0 Å². The molecule has 0 radical (unpaired) electrons. The smallest absolute Gasteiger partial charge is 0.126 e. The van der Waals surface area contributed by atoms with Crippen molar-refractivity contribution in [1.82, 2.24) is 0 Å². The van der Waals surface area contributed by atoms with Crippen molar-refractivity contribution < 1.29 is 4.39 Å². The number of rotatable bonds is 6. The molecule has 2 aliphatic rings. The van der Waals surface area contributed by atoms with Crippen molar-refractivity contribution in [2.45, 2.75) is 89.9 Å². The highest BCUT2D eigenvalue weighted by Crippen LogP contribution is 2.37. The van der Waals surface area contributed by atoms with Crippen molar-refractivity contribution in [2.24, 2.45) is 17.8 Å². The monoisotopic (exact) mass is 355 g/mol. The lowest BCUT2D eigenvalue weighted by Crippen LogP contribution is -2.15. The molecule has 0 unspecified atom stereocenters. The molecule has 0 spiro atoms. The summed E-state index contributed by atoms with van der Waals surface area (Å²) in [6.07, 6.45) is 14.2. The Morgan fingerprint density at radius 2 is 1.62 bits per heavy atom. The molecular formula is C24H34FN. The van der Waals surface area contributed by atoms with E-state index in [1.807, 2.05) is 6.07 Å². The Hall–Kier alpha value is -1.36. The molecular weight excluding hydrogens is 321 g/mol. The number of nitriles is 1. The van der Waals surface area contributed by atoms with Gasteiger partial charge in [-0.25, -0.2) is 4.39 Å². The zero-order chi connectivity index (χ0) is 18.4. The van der Waals surface area contributed by atoms with Crippen LogP contribution in [0.15, 0.2) is 18.2 Å². The molecule has 0 atom stereocenters. The van der Waals surface area contributed by atoms with E-state index >= 15 is 0 Å². The van der Waals surface area contributed by atoms with Crippen LogP contribution < -0.4 is 0 Å². The molecule has 2 saturated carbocycles. The molecule has 1 aromatic carbocycles. The molecule has 0 N–H and O–H groups in total. The van der Waals surface area contributed by atoms with Gasteiger partial charge in [-0.05, 0) is 73.5 Å². The average molecular weight is 356 g/mol. The summed E-state index contributed by atoms with van der Waals surface area (Å²) in [4.78, 5) is 0. The van der Waals surface area contributed by atoms with Gasteiger partial charge in [0.05, 0.1) is 6.07 Å². The van der Waals surface area contributed by atoms with Crippen LogP contribution in [0.4, 0.5) is 4.39 Å². The molecule has 2 heteroatoms. The maximum atomic E-state index is 14.7. The molecule has 0 heterocycles. The van der Waals surface area contributed by atoms with E-state index in [4.69, 9.17) is 5.26 Å². The van der Waals surface area contributed by atoms with Crippen LogP contribution in [0.5, 0.6) is 0 Å². The van der Waals surface area contributed by atoms with Crippen LogP contribution >= 0.6 is 0 Å². The molecule has 0 saturated heterocycles. The Kier molecular flexibility index (Phi) is 7.12. The average Bonchev–Trinajstić information content (AvgIpc) is 2.68. The van der Waals surface area contributed by atoms with E-state index in [9.17, 15) is 4.39 Å². The van der Waals surface area contributed by atoms with E-state index in [2.05, 4.69) is 19.1 Å². The number of hydrogen-bond donors (Lipinski definition) is 0. The van der Waals surface area contributed by atoms with Crippen molar-refractivity contribution in [3.8, 4) is 6.07 Å². The zero-order valence-corrected chi connectivity index (χ0v) is 16.4. The predicted octanol–water partition coefficient (Wildman–Crippen LogP) is 7.16. The lowest BCUT2D eigenvalue weighted by Gasteiger charge is -2.28. The van der Waals surface area contributed by atoms with Crippen LogP contribution in [0.3, 0.4) is 0 Å². The van der Waals surface area contributed by atoms with Crippen LogP contribution in [-0.4, -0.2) is 0 Å². The Morgan fingerprint density at radius 3 is 2.19 bits per heavy atom. The summed E-state index contributed by atoms with van der Waals surface area (Å²) in [5.41, 5.74) is 2.04. The Balaban J connectivity index is 1.48. The standard InChI is InChI=1S/C24H34FN/c1-2-3-18-4-6-19(7-5-18)8-9-20-12-15-23(24(25)16-20)22-13-10-21(17-26)11-14-22/h12,15-16,18-19,21-22H,2-11,13-14H2,1H3. The van der Waals surface area contributed by atoms with E-state index < -0.39 is 0 Å². The molecule has 0 aromatic heterocycles. The predicted molar refractivity (Wildman–Crippen MR) is 105 cm³/mol. The summed E-state index contributed by atoms with van der Waals surface area (Å²) in [6, 6.07) is 8.33. The van der Waals surface area contributed by atoms with E-state index in [0.29, 0.717) is 5.92 Å². The summed E-state index contributed by atoms with van der Waals surface area (Å²) in [5.74, 6) is 2.27. The fourth-order valence-corrected chi connectivity index (χ4v) is 5.18. The second-order valence-electron chi connectivity index (χ2n) is 8.75. The van der Waals surface area contributed by atoms with Crippen molar-refractivity contribution in [2.75, 3.05) is 0 Å². The highest BCUT2D eigenvalue weighted by atomic mass is 19.1. The van der Waals surface area contributed by atoms with Gasteiger partial charge in [-0.15, -0.1) is 0 Å². The van der Waals surface area contributed by atoms with Gasteiger partial charge in [0.15, 0.2) is 0 Å². The number of hydrogen-bond acceptors (Lipinski definition) is 1. The van der Waals surface area contributed by atoms with E-state index in [0.717, 1.165) is 55.1 Å². The highest BCUT2D eigenvalue weighted by Gasteiger charge is 2.24. The third-order valence-electron chi connectivity index (χ3n) is 6.92. The number of nitrogens with zero attached hydrogens (tertiary/aromatic N) is 1. The molecule has 0 aliphatic heterocycles. The third kappa shape index (κ3) is 5.09. The molecule has 1 aromatic rings. The van der Waals surface area contributed by atoms with E-state index in [-0.39, 0.29) is 11.7 Å². The van der Waals surface area contributed by atoms with Gasteiger partial charge in [0.1, 0.15) is 5.82 Å². The first-order chi connectivity index (χ1) is 12.7. The minimum absolute atomic E-state index is 0.0189. The first-order valence-electron chi connectivity index (χ1n) is 10.9. The minimum Gasteiger partial charge on any atom is -0.207 e. The maximum absolute atomic E-state index is 14.7. The van der Waals surface area contributed by atoms with E-state index in [1.54, 1.807) is 6.07 Å². The molecule has 142 valence electrons. The van der Waals surface area contributed by atoms with Crippen molar-refractivity contribution in [3.05, 3.63) is 35.1 Å². The van der Waals surface area contributed by atoms with Gasteiger partial charge in [-0.1, -0.05) is 57.6 Å². The summed E-state index contributed by atoms with van der Waals surface area (Å²) >= 11 is 0. The van der Waals surface area contributed by atoms with Crippen LogP contribution in [0.1, 0.15) is 94.6 Å². The number of benzene rings is 1. The van der Waals surface area contributed by atoms with Gasteiger partial charge in [0.25, 0.3) is 0 Å².